The molecule has 1 heterocycles. The lowest BCUT2D eigenvalue weighted by Crippen LogP contribution is -2.47. The summed E-state index contributed by atoms with van der Waals surface area (Å²) in [7, 11) is 0. The van der Waals surface area contributed by atoms with Crippen LogP contribution in [0.25, 0.3) is 10.6 Å². The number of thiazole rings is 1. The van der Waals surface area contributed by atoms with Gasteiger partial charge in [-0.2, -0.15) is 0 Å². The van der Waals surface area contributed by atoms with Gasteiger partial charge in [0.15, 0.2) is 0 Å². The fraction of sp³-hybridized carbons (Fsp3) is 0.182. The van der Waals surface area contributed by atoms with Gasteiger partial charge in [0.1, 0.15) is 11.6 Å². The number of aryl methyl sites for hydroxylation is 1. The number of benzene rings is 1. The van der Waals surface area contributed by atoms with Gasteiger partial charge >= 0.3 is 0 Å². The summed E-state index contributed by atoms with van der Waals surface area (Å²) in [5, 5.41) is 1.10. The van der Waals surface area contributed by atoms with E-state index < -0.39 is 0 Å². The van der Waals surface area contributed by atoms with Crippen LogP contribution in [0.2, 0.25) is 0 Å². The Balaban J connectivity index is 2.43. The number of hydrogen-bond donors (Lipinski definition) is 1. The van der Waals surface area contributed by atoms with Crippen molar-refractivity contribution in [3.8, 4) is 10.6 Å². The Bertz CT molecular complexity index is 420. The third-order valence-corrected chi connectivity index (χ3v) is 3.41. The zero-order chi connectivity index (χ0) is 9.97. The maximum absolute atomic E-state index is 4.53. The van der Waals surface area contributed by atoms with Gasteiger partial charge in [0.25, 0.3) is 0 Å². The van der Waals surface area contributed by atoms with Crippen LogP contribution in [-0.2, 0) is 6.54 Å². The quantitative estimate of drug-likeness (QED) is 0.798. The predicted octanol–water partition coefficient (Wildman–Crippen LogP) is 1.86. The molecule has 1 aromatic carbocycles. The van der Waals surface area contributed by atoms with Crippen molar-refractivity contribution in [1.29, 1.82) is 0 Å². The molecule has 0 unspecified atom stereocenters. The van der Waals surface area contributed by atoms with Crippen molar-refractivity contribution in [2.75, 3.05) is 0 Å². The van der Waals surface area contributed by atoms with Gasteiger partial charge in [-0.15, -0.1) is 11.3 Å². The second-order valence-electron chi connectivity index (χ2n) is 3.14. The summed E-state index contributed by atoms with van der Waals surface area (Å²) in [6, 6.07) is 10.3. The van der Waals surface area contributed by atoms with Crippen molar-refractivity contribution in [3.63, 3.8) is 0 Å². The minimum Gasteiger partial charge on any atom is -0.353 e. The maximum Gasteiger partial charge on any atom is 0.124 e. The molecule has 0 aliphatic carbocycles. The lowest BCUT2D eigenvalue weighted by molar-refractivity contribution is -0.385. The lowest BCUT2D eigenvalue weighted by Gasteiger charge is -1.92. The van der Waals surface area contributed by atoms with Crippen molar-refractivity contribution in [2.24, 2.45) is 0 Å². The molecule has 0 saturated carbocycles. The average Bonchev–Trinajstić information content (AvgIpc) is 2.61. The number of quaternary nitrogens is 1. The van der Waals surface area contributed by atoms with E-state index in [2.05, 4.69) is 22.9 Å². The first kappa shape index (κ1) is 9.37. The summed E-state index contributed by atoms with van der Waals surface area (Å²) in [6.07, 6.45) is 0. The van der Waals surface area contributed by atoms with Crippen LogP contribution < -0.4 is 5.73 Å². The largest absolute Gasteiger partial charge is 0.353 e. The Morgan fingerprint density at radius 1 is 1.29 bits per heavy atom. The highest BCUT2D eigenvalue weighted by atomic mass is 32.1. The fourth-order valence-electron chi connectivity index (χ4n) is 1.36. The summed E-state index contributed by atoms with van der Waals surface area (Å²) in [5.74, 6) is 0. The fourth-order valence-corrected chi connectivity index (χ4v) is 2.33. The smallest absolute Gasteiger partial charge is 0.124 e. The van der Waals surface area contributed by atoms with Crippen LogP contribution in [0.4, 0.5) is 0 Å². The zero-order valence-electron chi connectivity index (χ0n) is 8.16. The highest BCUT2D eigenvalue weighted by molar-refractivity contribution is 7.15. The molecule has 0 saturated heterocycles. The molecule has 0 radical (unpaired) electrons. The SMILES string of the molecule is Cc1nc(-c2ccccc2)sc1C[NH3+]. The molecule has 0 amide bonds. The molecule has 3 N–H and O–H groups in total. The molecule has 72 valence electrons. The lowest BCUT2D eigenvalue weighted by atomic mass is 10.2. The third-order valence-electron chi connectivity index (χ3n) is 2.14. The van der Waals surface area contributed by atoms with Gasteiger partial charge in [-0.05, 0) is 6.92 Å². The van der Waals surface area contributed by atoms with Gasteiger partial charge in [-0.1, -0.05) is 30.3 Å². The molecule has 1 aromatic heterocycles. The van der Waals surface area contributed by atoms with E-state index >= 15 is 0 Å². The number of nitrogens with zero attached hydrogens (tertiary/aromatic N) is 1. The first-order valence-electron chi connectivity index (χ1n) is 4.62. The zero-order valence-corrected chi connectivity index (χ0v) is 8.97. The molecule has 2 aromatic rings. The average molecular weight is 205 g/mol. The van der Waals surface area contributed by atoms with Gasteiger partial charge < -0.3 is 5.73 Å². The van der Waals surface area contributed by atoms with Gasteiger partial charge in [-0.25, -0.2) is 4.98 Å². The van der Waals surface area contributed by atoms with Crippen LogP contribution in [0.5, 0.6) is 0 Å². The summed E-state index contributed by atoms with van der Waals surface area (Å²) in [5.41, 5.74) is 6.20. The molecule has 14 heavy (non-hydrogen) atoms. The van der Waals surface area contributed by atoms with Crippen molar-refractivity contribution in [2.45, 2.75) is 13.5 Å². The molecule has 0 spiro atoms. The van der Waals surface area contributed by atoms with E-state index in [1.807, 2.05) is 25.1 Å². The maximum atomic E-state index is 4.53. The monoisotopic (exact) mass is 205 g/mol. The molecule has 0 fully saturated rings. The second-order valence-corrected chi connectivity index (χ2v) is 4.23. The van der Waals surface area contributed by atoms with E-state index in [1.54, 1.807) is 11.3 Å². The number of hydrogen-bond acceptors (Lipinski definition) is 2. The molecule has 0 aliphatic rings. The molecule has 0 bridgehead atoms. The summed E-state index contributed by atoms with van der Waals surface area (Å²) < 4.78 is 0. The van der Waals surface area contributed by atoms with E-state index in [4.69, 9.17) is 0 Å². The molecule has 2 rings (SSSR count). The Morgan fingerprint density at radius 3 is 2.57 bits per heavy atom. The predicted molar refractivity (Wildman–Crippen MR) is 58.9 cm³/mol. The van der Waals surface area contributed by atoms with E-state index in [0.29, 0.717) is 0 Å². The first-order chi connectivity index (χ1) is 6.81. The van der Waals surface area contributed by atoms with Crippen LogP contribution in [-0.4, -0.2) is 4.98 Å². The van der Waals surface area contributed by atoms with Crippen LogP contribution in [0.3, 0.4) is 0 Å². The Kier molecular flexibility index (Phi) is 2.61. The second kappa shape index (κ2) is 3.90. The molecule has 3 heteroatoms. The molecule has 0 aliphatic heterocycles. The van der Waals surface area contributed by atoms with E-state index in [0.717, 1.165) is 17.2 Å². The van der Waals surface area contributed by atoms with Crippen molar-refractivity contribution < 1.29 is 5.73 Å². The highest BCUT2D eigenvalue weighted by Gasteiger charge is 2.08. The topological polar surface area (TPSA) is 40.5 Å². The van der Waals surface area contributed by atoms with Gasteiger partial charge in [0.2, 0.25) is 0 Å². The Labute approximate surface area is 87.4 Å². The van der Waals surface area contributed by atoms with E-state index in [1.165, 1.54) is 10.4 Å². The summed E-state index contributed by atoms with van der Waals surface area (Å²) >= 11 is 1.74. The van der Waals surface area contributed by atoms with Crippen molar-refractivity contribution in [1.82, 2.24) is 4.98 Å². The minimum atomic E-state index is 0.830. The normalized spacial score (nSPS) is 10.4. The third kappa shape index (κ3) is 1.69. The Hall–Kier alpha value is -1.19. The van der Waals surface area contributed by atoms with Gasteiger partial charge in [-0.3, -0.25) is 0 Å². The van der Waals surface area contributed by atoms with Crippen LogP contribution in [0.15, 0.2) is 30.3 Å². The Morgan fingerprint density at radius 2 is 2.00 bits per heavy atom. The van der Waals surface area contributed by atoms with Gasteiger partial charge in [0.05, 0.1) is 10.6 Å². The van der Waals surface area contributed by atoms with Crippen LogP contribution >= 0.6 is 11.3 Å². The summed E-state index contributed by atoms with van der Waals surface area (Å²) in [6.45, 7) is 2.87. The molecular weight excluding hydrogens is 192 g/mol. The van der Waals surface area contributed by atoms with Crippen LogP contribution in [0, 0.1) is 6.92 Å². The number of rotatable bonds is 2. The van der Waals surface area contributed by atoms with E-state index in [-0.39, 0.29) is 0 Å². The minimum absolute atomic E-state index is 0.830. The summed E-state index contributed by atoms with van der Waals surface area (Å²) in [4.78, 5) is 5.81. The van der Waals surface area contributed by atoms with Crippen molar-refractivity contribution >= 4 is 11.3 Å². The number of aromatic nitrogens is 1. The molecule has 2 nitrogen and oxygen atoms in total. The first-order valence-corrected chi connectivity index (χ1v) is 5.44. The van der Waals surface area contributed by atoms with Crippen molar-refractivity contribution in [3.05, 3.63) is 40.9 Å². The standard InChI is InChI=1S/C11H12N2S/c1-8-10(7-12)14-11(13-8)9-5-3-2-4-6-9/h2-6H,7,12H2,1H3/p+1. The molecular formula is C11H13N2S+. The highest BCUT2D eigenvalue weighted by Crippen LogP contribution is 2.26. The molecule has 0 atom stereocenters. The van der Waals surface area contributed by atoms with E-state index in [9.17, 15) is 0 Å². The van der Waals surface area contributed by atoms with Crippen LogP contribution in [0.1, 0.15) is 10.6 Å². The van der Waals surface area contributed by atoms with Gasteiger partial charge in [0, 0.05) is 5.56 Å².